The molecular weight excluding hydrogens is 268 g/mol. The summed E-state index contributed by atoms with van der Waals surface area (Å²) >= 11 is 0. The van der Waals surface area contributed by atoms with E-state index < -0.39 is 6.10 Å². The first-order valence-electron chi connectivity index (χ1n) is 7.31. The topological polar surface area (TPSA) is 44.8 Å². The van der Waals surface area contributed by atoms with Crippen molar-refractivity contribution >= 4 is 5.78 Å². The highest BCUT2D eigenvalue weighted by Crippen LogP contribution is 2.31. The summed E-state index contributed by atoms with van der Waals surface area (Å²) in [6.45, 7) is 10.8. The molecule has 0 bridgehead atoms. The molecule has 0 saturated carbocycles. The molecular formula is C17H26O4. The fourth-order valence-corrected chi connectivity index (χ4v) is 2.21. The first-order valence-corrected chi connectivity index (χ1v) is 7.31. The van der Waals surface area contributed by atoms with Crippen LogP contribution in [0, 0.1) is 5.41 Å². The van der Waals surface area contributed by atoms with Gasteiger partial charge in [-0.1, -0.05) is 20.8 Å². The van der Waals surface area contributed by atoms with Gasteiger partial charge in [0.25, 0.3) is 0 Å². The smallest absolute Gasteiger partial charge is 0.192 e. The van der Waals surface area contributed by atoms with Crippen molar-refractivity contribution in [3.8, 4) is 11.5 Å². The molecule has 0 saturated heterocycles. The van der Waals surface area contributed by atoms with Crippen LogP contribution in [0.2, 0.25) is 0 Å². The number of ketones is 1. The first-order chi connectivity index (χ1) is 9.85. The predicted molar refractivity (Wildman–Crippen MR) is 83.4 cm³/mol. The highest BCUT2D eigenvalue weighted by Gasteiger charge is 2.32. The summed E-state index contributed by atoms with van der Waals surface area (Å²) in [5, 5.41) is 0. The molecule has 0 heterocycles. The average Bonchev–Trinajstić information content (AvgIpc) is 2.40. The normalized spacial score (nSPS) is 12.9. The quantitative estimate of drug-likeness (QED) is 0.719. The number of rotatable bonds is 7. The molecule has 0 N–H and O–H groups in total. The summed E-state index contributed by atoms with van der Waals surface area (Å²) in [5.41, 5.74) is 0.305. The van der Waals surface area contributed by atoms with E-state index >= 15 is 0 Å². The van der Waals surface area contributed by atoms with E-state index in [0.29, 0.717) is 30.3 Å². The zero-order valence-corrected chi connectivity index (χ0v) is 13.9. The molecule has 1 rings (SSSR count). The largest absolute Gasteiger partial charge is 0.490 e. The minimum absolute atomic E-state index is 0.0472. The van der Waals surface area contributed by atoms with Gasteiger partial charge in [-0.2, -0.15) is 0 Å². The van der Waals surface area contributed by atoms with Crippen LogP contribution in [0.1, 0.15) is 45.0 Å². The van der Waals surface area contributed by atoms with Crippen molar-refractivity contribution in [3.05, 3.63) is 23.8 Å². The van der Waals surface area contributed by atoms with Gasteiger partial charge < -0.3 is 14.2 Å². The lowest BCUT2D eigenvalue weighted by molar-refractivity contribution is 0.0195. The van der Waals surface area contributed by atoms with Crippen molar-refractivity contribution in [2.75, 3.05) is 20.3 Å². The van der Waals surface area contributed by atoms with Crippen molar-refractivity contribution in [2.24, 2.45) is 5.41 Å². The Bertz CT molecular complexity index is 474. The lowest BCUT2D eigenvalue weighted by Gasteiger charge is -2.28. The van der Waals surface area contributed by atoms with Gasteiger partial charge >= 0.3 is 0 Å². The Morgan fingerprint density at radius 3 is 2.14 bits per heavy atom. The van der Waals surface area contributed by atoms with E-state index in [0.717, 1.165) is 0 Å². The summed E-state index contributed by atoms with van der Waals surface area (Å²) in [7, 11) is 1.56. The average molecular weight is 294 g/mol. The number of hydrogen-bond donors (Lipinski definition) is 0. The first kappa shape index (κ1) is 17.5. The molecule has 0 radical (unpaired) electrons. The van der Waals surface area contributed by atoms with Crippen LogP contribution in [0.3, 0.4) is 0 Å². The van der Waals surface area contributed by atoms with E-state index in [1.165, 1.54) is 0 Å². The van der Waals surface area contributed by atoms with E-state index in [1.807, 2.05) is 34.6 Å². The maximum atomic E-state index is 12.6. The van der Waals surface area contributed by atoms with Gasteiger partial charge in [0.2, 0.25) is 0 Å². The van der Waals surface area contributed by atoms with E-state index in [9.17, 15) is 4.79 Å². The third kappa shape index (κ3) is 4.46. The molecule has 0 aliphatic carbocycles. The monoisotopic (exact) mass is 294 g/mol. The highest BCUT2D eigenvalue weighted by atomic mass is 16.5. The minimum atomic E-state index is -0.495. The van der Waals surface area contributed by atoms with Crippen LogP contribution < -0.4 is 9.47 Å². The molecule has 0 amide bonds. The van der Waals surface area contributed by atoms with Gasteiger partial charge in [-0.05, 0) is 37.5 Å². The van der Waals surface area contributed by atoms with Crippen molar-refractivity contribution in [3.63, 3.8) is 0 Å². The van der Waals surface area contributed by atoms with Gasteiger partial charge in [-0.25, -0.2) is 0 Å². The minimum Gasteiger partial charge on any atom is -0.490 e. The molecule has 118 valence electrons. The standard InChI is InChI=1S/C17H26O4/c1-7-20-13-10-9-12(11-14(13)21-8-2)15(18)16(19-6)17(3,4)5/h9-11,16H,7-8H2,1-6H3. The van der Waals surface area contributed by atoms with Gasteiger partial charge in [0.05, 0.1) is 13.2 Å². The molecule has 4 nitrogen and oxygen atoms in total. The molecule has 0 aliphatic rings. The van der Waals surface area contributed by atoms with Crippen LogP contribution in [-0.2, 0) is 4.74 Å². The zero-order valence-electron chi connectivity index (χ0n) is 13.9. The summed E-state index contributed by atoms with van der Waals surface area (Å²) in [6.07, 6.45) is -0.495. The van der Waals surface area contributed by atoms with Crippen LogP contribution in [0.15, 0.2) is 18.2 Å². The number of methoxy groups -OCH3 is 1. The highest BCUT2D eigenvalue weighted by molar-refractivity contribution is 6.00. The lowest BCUT2D eigenvalue weighted by Crippen LogP contribution is -2.36. The fourth-order valence-electron chi connectivity index (χ4n) is 2.21. The Kier molecular flexibility index (Phi) is 6.21. The van der Waals surface area contributed by atoms with Gasteiger partial charge in [-0.15, -0.1) is 0 Å². The molecule has 1 aromatic rings. The van der Waals surface area contributed by atoms with Crippen molar-refractivity contribution in [2.45, 2.75) is 40.7 Å². The molecule has 1 atom stereocenters. The SMILES string of the molecule is CCOc1ccc(C(=O)C(OC)C(C)(C)C)cc1OCC. The molecule has 0 spiro atoms. The number of carbonyl (C=O) groups is 1. The molecule has 0 aromatic heterocycles. The zero-order chi connectivity index (χ0) is 16.0. The predicted octanol–water partition coefficient (Wildman–Crippen LogP) is 3.73. The van der Waals surface area contributed by atoms with Gasteiger partial charge in [-0.3, -0.25) is 4.79 Å². The maximum Gasteiger partial charge on any atom is 0.192 e. The summed E-state index contributed by atoms with van der Waals surface area (Å²) < 4.78 is 16.5. The van der Waals surface area contributed by atoms with Crippen LogP contribution >= 0.6 is 0 Å². The molecule has 1 unspecified atom stereocenters. The van der Waals surface area contributed by atoms with Crippen molar-refractivity contribution in [1.29, 1.82) is 0 Å². The Morgan fingerprint density at radius 2 is 1.67 bits per heavy atom. The Morgan fingerprint density at radius 1 is 1.10 bits per heavy atom. The van der Waals surface area contributed by atoms with Crippen LogP contribution in [0.4, 0.5) is 0 Å². The second-order valence-electron chi connectivity index (χ2n) is 5.87. The van der Waals surface area contributed by atoms with E-state index in [1.54, 1.807) is 25.3 Å². The summed E-state index contributed by atoms with van der Waals surface area (Å²) in [4.78, 5) is 12.6. The van der Waals surface area contributed by atoms with Crippen LogP contribution in [0.25, 0.3) is 0 Å². The summed E-state index contributed by atoms with van der Waals surface area (Å²) in [6, 6.07) is 5.26. The third-order valence-electron chi connectivity index (χ3n) is 3.09. The maximum absolute atomic E-state index is 12.6. The Hall–Kier alpha value is -1.55. The van der Waals surface area contributed by atoms with E-state index in [2.05, 4.69) is 0 Å². The van der Waals surface area contributed by atoms with Crippen LogP contribution in [-0.4, -0.2) is 32.2 Å². The molecule has 4 heteroatoms. The van der Waals surface area contributed by atoms with E-state index in [-0.39, 0.29) is 11.2 Å². The van der Waals surface area contributed by atoms with Crippen molar-refractivity contribution < 1.29 is 19.0 Å². The summed E-state index contributed by atoms with van der Waals surface area (Å²) in [5.74, 6) is 1.20. The van der Waals surface area contributed by atoms with Crippen LogP contribution in [0.5, 0.6) is 11.5 Å². The van der Waals surface area contributed by atoms with Gasteiger partial charge in [0.1, 0.15) is 6.10 Å². The fraction of sp³-hybridized carbons (Fsp3) is 0.588. The Balaban J connectivity index is 3.12. The number of ether oxygens (including phenoxy) is 3. The molecule has 21 heavy (non-hydrogen) atoms. The number of benzene rings is 1. The molecule has 0 fully saturated rings. The molecule has 0 aliphatic heterocycles. The number of hydrogen-bond acceptors (Lipinski definition) is 4. The van der Waals surface area contributed by atoms with Gasteiger partial charge in [0.15, 0.2) is 17.3 Å². The van der Waals surface area contributed by atoms with Gasteiger partial charge in [0, 0.05) is 12.7 Å². The second-order valence-corrected chi connectivity index (χ2v) is 5.87. The Labute approximate surface area is 127 Å². The number of carbonyl (C=O) groups excluding carboxylic acids is 1. The lowest BCUT2D eigenvalue weighted by atomic mass is 9.84. The van der Waals surface area contributed by atoms with Crippen molar-refractivity contribution in [1.82, 2.24) is 0 Å². The molecule has 1 aromatic carbocycles. The third-order valence-corrected chi connectivity index (χ3v) is 3.09. The second kappa shape index (κ2) is 7.46. The van der Waals surface area contributed by atoms with E-state index in [4.69, 9.17) is 14.2 Å². The number of Topliss-reactive ketones (excluding diaryl/α,β-unsaturated/α-hetero) is 1.